The highest BCUT2D eigenvalue weighted by molar-refractivity contribution is 4.98. The van der Waals surface area contributed by atoms with Gasteiger partial charge in [-0.1, -0.05) is 129 Å². The fraction of sp³-hybridized carbons (Fsp3) is 0.923. The Hall–Kier alpha value is -0.440. The minimum absolute atomic E-state index is 1.13. The van der Waals surface area contributed by atoms with Crippen LogP contribution in [0, 0.1) is 11.8 Å². The average molecular weight is 363 g/mol. The Morgan fingerprint density at radius 2 is 0.538 bits per heavy atom. The van der Waals surface area contributed by atoms with Crippen LogP contribution in [0.1, 0.15) is 155 Å². The van der Waals surface area contributed by atoms with E-state index in [1.54, 1.807) is 0 Å². The summed E-state index contributed by atoms with van der Waals surface area (Å²) < 4.78 is 0. The standard InChI is InChI=1S/C26H50/c1-3-5-7-9-11-13-15-17-19-21-23-25-26-24-22-20-18-16-14-12-10-8-6-4-2/h3-15,17,19-26H2,1-2H3. The highest BCUT2D eigenvalue weighted by Crippen LogP contribution is 2.13. The lowest BCUT2D eigenvalue weighted by molar-refractivity contribution is 0.533. The van der Waals surface area contributed by atoms with E-state index < -0.39 is 0 Å². The molecule has 0 spiro atoms. The van der Waals surface area contributed by atoms with Gasteiger partial charge in [-0.3, -0.25) is 0 Å². The Morgan fingerprint density at radius 3 is 0.808 bits per heavy atom. The van der Waals surface area contributed by atoms with Gasteiger partial charge in [-0.25, -0.2) is 0 Å². The maximum Gasteiger partial charge on any atom is 0.00886 e. The van der Waals surface area contributed by atoms with Gasteiger partial charge in [0.2, 0.25) is 0 Å². The quantitative estimate of drug-likeness (QED) is 0.149. The summed E-state index contributed by atoms with van der Waals surface area (Å²) in [6.07, 6.45) is 30.7. The normalized spacial score (nSPS) is 10.7. The van der Waals surface area contributed by atoms with Crippen LogP contribution < -0.4 is 0 Å². The Balaban J connectivity index is 3.05. The summed E-state index contributed by atoms with van der Waals surface area (Å²) in [6.45, 7) is 4.57. The van der Waals surface area contributed by atoms with Crippen molar-refractivity contribution in [3.8, 4) is 11.8 Å². The molecule has 154 valence electrons. The van der Waals surface area contributed by atoms with Gasteiger partial charge in [0.1, 0.15) is 0 Å². The molecule has 0 unspecified atom stereocenters. The Kier molecular flexibility index (Phi) is 24.1. The lowest BCUT2D eigenvalue weighted by atomic mass is 10.0. The van der Waals surface area contributed by atoms with E-state index in [1.807, 2.05) is 0 Å². The zero-order valence-corrected chi connectivity index (χ0v) is 18.6. The highest BCUT2D eigenvalue weighted by atomic mass is 14.0. The third-order valence-corrected chi connectivity index (χ3v) is 5.44. The summed E-state index contributed by atoms with van der Waals surface area (Å²) in [6, 6.07) is 0. The van der Waals surface area contributed by atoms with Gasteiger partial charge in [0, 0.05) is 12.8 Å². The van der Waals surface area contributed by atoms with Gasteiger partial charge in [0.25, 0.3) is 0 Å². The predicted octanol–water partition coefficient (Wildman–Crippen LogP) is 9.61. The fourth-order valence-electron chi connectivity index (χ4n) is 3.58. The van der Waals surface area contributed by atoms with Crippen LogP contribution in [0.4, 0.5) is 0 Å². The molecule has 0 saturated heterocycles. The second kappa shape index (κ2) is 24.6. The van der Waals surface area contributed by atoms with Crippen molar-refractivity contribution >= 4 is 0 Å². The summed E-state index contributed by atoms with van der Waals surface area (Å²) in [5.74, 6) is 6.73. The van der Waals surface area contributed by atoms with Crippen LogP contribution in [0.15, 0.2) is 0 Å². The Morgan fingerprint density at radius 1 is 0.308 bits per heavy atom. The lowest BCUT2D eigenvalue weighted by Crippen LogP contribution is -1.83. The molecule has 0 nitrogen and oxygen atoms in total. The minimum atomic E-state index is 1.13. The van der Waals surface area contributed by atoms with Crippen molar-refractivity contribution < 1.29 is 0 Å². The van der Waals surface area contributed by atoms with E-state index in [9.17, 15) is 0 Å². The molecule has 0 aromatic heterocycles. The predicted molar refractivity (Wildman–Crippen MR) is 121 cm³/mol. The second-order valence-electron chi connectivity index (χ2n) is 8.22. The second-order valence-corrected chi connectivity index (χ2v) is 8.22. The first kappa shape index (κ1) is 25.6. The molecule has 0 aliphatic heterocycles. The zero-order valence-electron chi connectivity index (χ0n) is 18.6. The van der Waals surface area contributed by atoms with Gasteiger partial charge in [-0.05, 0) is 12.8 Å². The fourth-order valence-corrected chi connectivity index (χ4v) is 3.58. The summed E-state index contributed by atoms with van der Waals surface area (Å²) in [4.78, 5) is 0. The molecule has 0 saturated carbocycles. The Bertz CT molecular complexity index is 293. The molecule has 0 heteroatoms. The van der Waals surface area contributed by atoms with Gasteiger partial charge in [0.15, 0.2) is 0 Å². The molecular weight excluding hydrogens is 312 g/mol. The number of hydrogen-bond donors (Lipinski definition) is 0. The summed E-state index contributed by atoms with van der Waals surface area (Å²) in [5, 5.41) is 0. The van der Waals surface area contributed by atoms with E-state index in [0.717, 1.165) is 12.8 Å². The van der Waals surface area contributed by atoms with E-state index in [2.05, 4.69) is 25.7 Å². The molecule has 0 amide bonds. The molecule has 0 aliphatic carbocycles. The molecule has 0 fully saturated rings. The van der Waals surface area contributed by atoms with Crippen LogP contribution in [0.25, 0.3) is 0 Å². The number of unbranched alkanes of at least 4 members (excludes halogenated alkanes) is 20. The van der Waals surface area contributed by atoms with Crippen molar-refractivity contribution in [3.05, 3.63) is 0 Å². The van der Waals surface area contributed by atoms with Crippen molar-refractivity contribution in [1.82, 2.24) is 0 Å². The molecule has 0 N–H and O–H groups in total. The maximum atomic E-state index is 3.37. The average Bonchev–Trinajstić information content (AvgIpc) is 2.66. The van der Waals surface area contributed by atoms with E-state index >= 15 is 0 Å². The largest absolute Gasteiger partial charge is 0.103 e. The van der Waals surface area contributed by atoms with Crippen molar-refractivity contribution in [3.63, 3.8) is 0 Å². The first-order valence-electron chi connectivity index (χ1n) is 12.4. The van der Waals surface area contributed by atoms with E-state index in [-0.39, 0.29) is 0 Å². The topological polar surface area (TPSA) is 0 Å². The van der Waals surface area contributed by atoms with E-state index in [1.165, 1.54) is 128 Å². The van der Waals surface area contributed by atoms with Crippen LogP contribution >= 0.6 is 0 Å². The minimum Gasteiger partial charge on any atom is -0.103 e. The lowest BCUT2D eigenvalue weighted by Gasteiger charge is -2.03. The third kappa shape index (κ3) is 23.6. The van der Waals surface area contributed by atoms with Crippen molar-refractivity contribution in [2.24, 2.45) is 0 Å². The molecule has 0 heterocycles. The molecule has 0 aliphatic rings. The molecule has 26 heavy (non-hydrogen) atoms. The summed E-state index contributed by atoms with van der Waals surface area (Å²) in [7, 11) is 0. The molecule has 0 aromatic rings. The molecule has 0 radical (unpaired) electrons. The molecule has 0 aromatic carbocycles. The van der Waals surface area contributed by atoms with Gasteiger partial charge in [0.05, 0.1) is 0 Å². The summed E-state index contributed by atoms with van der Waals surface area (Å²) >= 11 is 0. The monoisotopic (exact) mass is 362 g/mol. The SMILES string of the molecule is CCCCCCCC#CCCCCCCCCCCCCCCCCC. The van der Waals surface area contributed by atoms with Crippen LogP contribution in [0.2, 0.25) is 0 Å². The smallest absolute Gasteiger partial charge is 0.00886 e. The van der Waals surface area contributed by atoms with Gasteiger partial charge in [-0.2, -0.15) is 0 Å². The van der Waals surface area contributed by atoms with Crippen LogP contribution in [0.5, 0.6) is 0 Å². The van der Waals surface area contributed by atoms with Gasteiger partial charge in [-0.15, -0.1) is 11.8 Å². The van der Waals surface area contributed by atoms with Gasteiger partial charge >= 0.3 is 0 Å². The number of hydrogen-bond acceptors (Lipinski definition) is 0. The molecular formula is C26H50. The van der Waals surface area contributed by atoms with Crippen LogP contribution in [0.3, 0.4) is 0 Å². The molecule has 0 rings (SSSR count). The van der Waals surface area contributed by atoms with Crippen molar-refractivity contribution in [1.29, 1.82) is 0 Å². The first-order chi connectivity index (χ1) is 12.9. The molecule has 0 atom stereocenters. The zero-order chi connectivity index (χ0) is 19.0. The summed E-state index contributed by atoms with van der Waals surface area (Å²) in [5.41, 5.74) is 0. The number of rotatable bonds is 20. The Labute approximate surface area is 167 Å². The molecule has 0 bridgehead atoms. The van der Waals surface area contributed by atoms with Crippen LogP contribution in [-0.4, -0.2) is 0 Å². The third-order valence-electron chi connectivity index (χ3n) is 5.44. The highest BCUT2D eigenvalue weighted by Gasteiger charge is 1.94. The van der Waals surface area contributed by atoms with Gasteiger partial charge < -0.3 is 0 Å². The van der Waals surface area contributed by atoms with Crippen molar-refractivity contribution in [2.45, 2.75) is 155 Å². The first-order valence-corrected chi connectivity index (χ1v) is 12.4. The van der Waals surface area contributed by atoms with E-state index in [0.29, 0.717) is 0 Å². The van der Waals surface area contributed by atoms with Crippen molar-refractivity contribution in [2.75, 3.05) is 0 Å². The maximum absolute atomic E-state index is 3.37. The van der Waals surface area contributed by atoms with Crippen LogP contribution in [-0.2, 0) is 0 Å². The van der Waals surface area contributed by atoms with E-state index in [4.69, 9.17) is 0 Å².